The maximum Gasteiger partial charge on any atom is 0.230 e. The van der Waals surface area contributed by atoms with Crippen LogP contribution in [-0.2, 0) is 4.79 Å². The van der Waals surface area contributed by atoms with E-state index in [0.29, 0.717) is 18.3 Å². The summed E-state index contributed by atoms with van der Waals surface area (Å²) in [4.78, 5) is 12.9. The molecule has 0 spiro atoms. The van der Waals surface area contributed by atoms with Gasteiger partial charge in [0.2, 0.25) is 5.91 Å². The number of amides is 1. The number of carbonyl (C=O) groups is 1. The van der Waals surface area contributed by atoms with Crippen LogP contribution in [0.5, 0.6) is 0 Å². The molecule has 5 rings (SSSR count). The molecule has 3 nitrogen and oxygen atoms in total. The minimum absolute atomic E-state index is 0.124. The molecule has 0 heterocycles. The van der Waals surface area contributed by atoms with Crippen molar-refractivity contribution in [3.8, 4) is 0 Å². The molecule has 2 unspecified atom stereocenters. The van der Waals surface area contributed by atoms with Gasteiger partial charge in [0.1, 0.15) is 0 Å². The van der Waals surface area contributed by atoms with Crippen molar-refractivity contribution in [3.63, 3.8) is 0 Å². The van der Waals surface area contributed by atoms with Crippen LogP contribution in [0.2, 0.25) is 0 Å². The third kappa shape index (κ3) is 2.18. The van der Waals surface area contributed by atoms with E-state index in [4.69, 9.17) is 0 Å². The summed E-state index contributed by atoms with van der Waals surface area (Å²) >= 11 is 0. The summed E-state index contributed by atoms with van der Waals surface area (Å²) in [6.07, 6.45) is 5.60. The number of hydrogen-bond acceptors (Lipinski definition) is 2. The topological polar surface area (TPSA) is 49.3 Å². The highest BCUT2D eigenvalue weighted by Crippen LogP contribution is 2.61. The van der Waals surface area contributed by atoms with Gasteiger partial charge in [0.25, 0.3) is 0 Å². The molecule has 0 saturated heterocycles. The fourth-order valence-corrected chi connectivity index (χ4v) is 5.38. The average molecular weight is 285 g/mol. The Labute approximate surface area is 125 Å². The fourth-order valence-electron chi connectivity index (χ4n) is 5.38. The first kappa shape index (κ1) is 13.3. The van der Waals surface area contributed by atoms with Crippen molar-refractivity contribution in [1.82, 2.24) is 0 Å². The maximum absolute atomic E-state index is 12.9. The maximum atomic E-state index is 12.9. The van der Waals surface area contributed by atoms with Gasteiger partial charge in [0.15, 0.2) is 0 Å². The third-order valence-corrected chi connectivity index (χ3v) is 5.82. The minimum Gasteiger partial charge on any atom is -0.390 e. The molecule has 21 heavy (non-hydrogen) atoms. The summed E-state index contributed by atoms with van der Waals surface area (Å²) in [6, 6.07) is 7.95. The van der Waals surface area contributed by atoms with E-state index in [9.17, 15) is 9.90 Å². The Morgan fingerprint density at radius 2 is 1.76 bits per heavy atom. The van der Waals surface area contributed by atoms with Gasteiger partial charge in [-0.15, -0.1) is 0 Å². The van der Waals surface area contributed by atoms with Crippen molar-refractivity contribution < 1.29 is 9.90 Å². The van der Waals surface area contributed by atoms with Crippen molar-refractivity contribution in [2.45, 2.75) is 51.0 Å². The van der Waals surface area contributed by atoms with Crippen LogP contribution in [0, 0.1) is 24.2 Å². The Hall–Kier alpha value is -1.35. The molecular formula is C18H23NO2. The van der Waals surface area contributed by atoms with Gasteiger partial charge >= 0.3 is 0 Å². The number of anilines is 1. The number of hydrogen-bond donors (Lipinski definition) is 2. The SMILES string of the molecule is Cc1ccc(NC(=O)C23C[C@@H]4C[C@@H](CC(O)(C4)C2)C3)cc1. The number of benzene rings is 1. The summed E-state index contributed by atoms with van der Waals surface area (Å²) in [5.41, 5.74) is 1.16. The molecule has 0 aromatic heterocycles. The second-order valence-corrected chi connectivity index (χ2v) is 7.79. The third-order valence-electron chi connectivity index (χ3n) is 5.82. The van der Waals surface area contributed by atoms with E-state index in [1.807, 2.05) is 31.2 Å². The Balaban J connectivity index is 1.57. The number of rotatable bonds is 2. The lowest BCUT2D eigenvalue weighted by molar-refractivity contribution is -0.174. The first-order valence-electron chi connectivity index (χ1n) is 8.07. The molecule has 4 atom stereocenters. The number of aryl methyl sites for hydroxylation is 1. The molecule has 0 aliphatic heterocycles. The van der Waals surface area contributed by atoms with E-state index < -0.39 is 5.60 Å². The molecule has 4 saturated carbocycles. The Bertz CT molecular complexity index is 563. The molecule has 4 fully saturated rings. The fraction of sp³-hybridized carbons (Fsp3) is 0.611. The highest BCUT2D eigenvalue weighted by Gasteiger charge is 2.60. The van der Waals surface area contributed by atoms with Crippen molar-refractivity contribution in [3.05, 3.63) is 29.8 Å². The summed E-state index contributed by atoms with van der Waals surface area (Å²) in [7, 11) is 0. The molecule has 1 aromatic carbocycles. The first-order chi connectivity index (χ1) is 9.96. The van der Waals surface area contributed by atoms with E-state index in [-0.39, 0.29) is 11.3 Å². The van der Waals surface area contributed by atoms with E-state index in [2.05, 4.69) is 5.32 Å². The lowest BCUT2D eigenvalue weighted by atomic mass is 9.47. The molecule has 2 N–H and O–H groups in total. The van der Waals surface area contributed by atoms with Gasteiger partial charge in [0, 0.05) is 5.69 Å². The quantitative estimate of drug-likeness (QED) is 0.876. The van der Waals surface area contributed by atoms with Gasteiger partial charge in [-0.2, -0.15) is 0 Å². The second kappa shape index (κ2) is 4.33. The van der Waals surface area contributed by atoms with Gasteiger partial charge in [-0.3, -0.25) is 4.79 Å². The Kier molecular flexibility index (Phi) is 2.74. The molecule has 4 aliphatic carbocycles. The normalized spacial score (nSPS) is 40.3. The van der Waals surface area contributed by atoms with Crippen LogP contribution in [-0.4, -0.2) is 16.6 Å². The van der Waals surface area contributed by atoms with Crippen molar-refractivity contribution in [2.24, 2.45) is 17.3 Å². The van der Waals surface area contributed by atoms with Crippen LogP contribution in [0.3, 0.4) is 0 Å². The summed E-state index contributed by atoms with van der Waals surface area (Å²) in [5, 5.41) is 13.8. The Morgan fingerprint density at radius 3 is 2.33 bits per heavy atom. The minimum atomic E-state index is -0.575. The first-order valence-corrected chi connectivity index (χ1v) is 8.07. The zero-order valence-electron chi connectivity index (χ0n) is 12.6. The summed E-state index contributed by atoms with van der Waals surface area (Å²) < 4.78 is 0. The molecule has 112 valence electrons. The van der Waals surface area contributed by atoms with Gasteiger partial charge in [-0.25, -0.2) is 0 Å². The van der Waals surface area contributed by atoms with Gasteiger partial charge in [-0.05, 0) is 69.4 Å². The van der Waals surface area contributed by atoms with Crippen LogP contribution >= 0.6 is 0 Å². The number of nitrogens with one attached hydrogen (secondary N) is 1. The zero-order chi connectivity index (χ0) is 14.7. The average Bonchev–Trinajstić information content (AvgIpc) is 2.38. The number of aliphatic hydroxyl groups is 1. The van der Waals surface area contributed by atoms with Crippen LogP contribution in [0.1, 0.15) is 44.1 Å². The van der Waals surface area contributed by atoms with Crippen LogP contribution in [0.15, 0.2) is 24.3 Å². The predicted octanol–water partition coefficient (Wildman–Crippen LogP) is 3.26. The van der Waals surface area contributed by atoms with Crippen LogP contribution in [0.25, 0.3) is 0 Å². The largest absolute Gasteiger partial charge is 0.390 e. The lowest BCUT2D eigenvalue weighted by Crippen LogP contribution is -2.59. The number of carbonyl (C=O) groups excluding carboxylic acids is 1. The van der Waals surface area contributed by atoms with Crippen LogP contribution in [0.4, 0.5) is 5.69 Å². The van der Waals surface area contributed by atoms with Crippen molar-refractivity contribution in [2.75, 3.05) is 5.32 Å². The van der Waals surface area contributed by atoms with E-state index in [0.717, 1.165) is 31.4 Å². The highest BCUT2D eigenvalue weighted by atomic mass is 16.3. The lowest BCUT2D eigenvalue weighted by Gasteiger charge is -2.59. The molecule has 1 aromatic rings. The highest BCUT2D eigenvalue weighted by molar-refractivity contribution is 5.95. The van der Waals surface area contributed by atoms with Crippen molar-refractivity contribution in [1.29, 1.82) is 0 Å². The molecule has 0 radical (unpaired) electrons. The molecule has 4 aliphatic rings. The van der Waals surface area contributed by atoms with Crippen LogP contribution < -0.4 is 5.32 Å². The van der Waals surface area contributed by atoms with Crippen molar-refractivity contribution >= 4 is 11.6 Å². The Morgan fingerprint density at radius 1 is 1.14 bits per heavy atom. The molecule has 4 bridgehead atoms. The van der Waals surface area contributed by atoms with E-state index in [1.165, 1.54) is 12.0 Å². The van der Waals surface area contributed by atoms with E-state index in [1.54, 1.807) is 0 Å². The second-order valence-electron chi connectivity index (χ2n) is 7.79. The molecule has 1 amide bonds. The molecular weight excluding hydrogens is 262 g/mol. The molecule has 3 heteroatoms. The van der Waals surface area contributed by atoms with E-state index >= 15 is 0 Å². The standard InChI is InChI=1S/C18H23NO2/c1-12-2-4-15(5-3-12)19-16(20)17-7-13-6-14(8-17)10-18(21,9-13)11-17/h2-5,13-14,21H,6-11H2,1H3,(H,19,20)/t13-,14+,17?,18?. The smallest absolute Gasteiger partial charge is 0.230 e. The summed E-state index contributed by atoms with van der Waals surface area (Å²) in [5.74, 6) is 1.21. The van der Waals surface area contributed by atoms with Gasteiger partial charge in [0.05, 0.1) is 11.0 Å². The monoisotopic (exact) mass is 285 g/mol. The predicted molar refractivity (Wildman–Crippen MR) is 81.9 cm³/mol. The van der Waals surface area contributed by atoms with Gasteiger partial charge < -0.3 is 10.4 Å². The summed E-state index contributed by atoms with van der Waals surface area (Å²) in [6.45, 7) is 2.04. The van der Waals surface area contributed by atoms with Gasteiger partial charge in [-0.1, -0.05) is 17.7 Å². The zero-order valence-corrected chi connectivity index (χ0v) is 12.6.